The number of piperidine rings is 1. The van der Waals surface area contributed by atoms with Crippen molar-refractivity contribution in [2.75, 3.05) is 13.1 Å². The van der Waals surface area contributed by atoms with Gasteiger partial charge in [-0.05, 0) is 61.9 Å². The maximum Gasteiger partial charge on any atom is 0.224 e. The summed E-state index contributed by atoms with van der Waals surface area (Å²) in [4.78, 5) is 12.5. The summed E-state index contributed by atoms with van der Waals surface area (Å²) in [5, 5.41) is 7.33. The third kappa shape index (κ3) is 3.09. The molecule has 1 spiro atoms. The molecule has 1 aromatic rings. The number of benzene rings is 1. The van der Waals surface area contributed by atoms with Gasteiger partial charge in [0.2, 0.25) is 5.91 Å². The summed E-state index contributed by atoms with van der Waals surface area (Å²) >= 11 is 6.05. The molecular formula is C17H23ClN2O. The number of amides is 1. The molecule has 1 aromatic carbocycles. The monoisotopic (exact) mass is 306 g/mol. The Morgan fingerprint density at radius 1 is 1.48 bits per heavy atom. The van der Waals surface area contributed by atoms with Gasteiger partial charge >= 0.3 is 0 Å². The Morgan fingerprint density at radius 3 is 2.90 bits per heavy atom. The van der Waals surface area contributed by atoms with Crippen LogP contribution >= 0.6 is 11.6 Å². The molecule has 1 amide bonds. The first-order valence-corrected chi connectivity index (χ1v) is 8.29. The lowest BCUT2D eigenvalue weighted by molar-refractivity contribution is -0.124. The molecule has 2 fully saturated rings. The summed E-state index contributed by atoms with van der Waals surface area (Å²) in [6.07, 6.45) is 4.22. The highest BCUT2D eigenvalue weighted by atomic mass is 35.5. The van der Waals surface area contributed by atoms with E-state index in [2.05, 4.69) is 17.6 Å². The molecule has 0 radical (unpaired) electrons. The van der Waals surface area contributed by atoms with Crippen molar-refractivity contribution in [3.63, 3.8) is 0 Å². The number of hydrogen-bond donors (Lipinski definition) is 2. The van der Waals surface area contributed by atoms with E-state index in [4.69, 9.17) is 11.6 Å². The topological polar surface area (TPSA) is 41.1 Å². The largest absolute Gasteiger partial charge is 0.349 e. The van der Waals surface area contributed by atoms with Crippen LogP contribution in [-0.4, -0.2) is 19.0 Å². The van der Waals surface area contributed by atoms with Gasteiger partial charge in [-0.2, -0.15) is 0 Å². The van der Waals surface area contributed by atoms with E-state index in [0.717, 1.165) is 49.4 Å². The van der Waals surface area contributed by atoms with Gasteiger partial charge in [0, 0.05) is 10.9 Å². The van der Waals surface area contributed by atoms with E-state index in [9.17, 15) is 4.79 Å². The molecule has 114 valence electrons. The van der Waals surface area contributed by atoms with Crippen LogP contribution in [0.2, 0.25) is 5.02 Å². The van der Waals surface area contributed by atoms with Gasteiger partial charge in [0.1, 0.15) is 0 Å². The molecule has 3 nitrogen and oxygen atoms in total. The van der Waals surface area contributed by atoms with Gasteiger partial charge in [-0.3, -0.25) is 4.79 Å². The second-order valence-corrected chi connectivity index (χ2v) is 6.83. The maximum atomic E-state index is 12.5. The van der Waals surface area contributed by atoms with Crippen molar-refractivity contribution in [2.45, 2.75) is 38.6 Å². The summed E-state index contributed by atoms with van der Waals surface area (Å²) in [5.74, 6) is 0.441. The second-order valence-electron chi connectivity index (χ2n) is 6.39. The van der Waals surface area contributed by atoms with E-state index in [1.807, 2.05) is 24.3 Å². The molecule has 1 aliphatic carbocycles. The maximum absolute atomic E-state index is 12.5. The highest BCUT2D eigenvalue weighted by Gasteiger charge is 2.57. The quantitative estimate of drug-likeness (QED) is 0.896. The van der Waals surface area contributed by atoms with Gasteiger partial charge < -0.3 is 10.6 Å². The van der Waals surface area contributed by atoms with Crippen molar-refractivity contribution in [1.82, 2.24) is 10.6 Å². The van der Waals surface area contributed by atoms with Gasteiger partial charge in [-0.25, -0.2) is 0 Å². The summed E-state index contributed by atoms with van der Waals surface area (Å²) in [5.41, 5.74) is 1.39. The second kappa shape index (κ2) is 5.98. The molecule has 1 saturated heterocycles. The normalized spacial score (nSPS) is 24.6. The minimum atomic E-state index is 0.0653. The Morgan fingerprint density at radius 2 is 2.24 bits per heavy atom. The van der Waals surface area contributed by atoms with Gasteiger partial charge in [-0.15, -0.1) is 0 Å². The molecule has 0 aromatic heterocycles. The van der Waals surface area contributed by atoms with Crippen molar-refractivity contribution >= 4 is 17.5 Å². The zero-order valence-electron chi connectivity index (χ0n) is 12.5. The fourth-order valence-corrected chi connectivity index (χ4v) is 3.81. The van der Waals surface area contributed by atoms with Crippen LogP contribution in [0.5, 0.6) is 0 Å². The van der Waals surface area contributed by atoms with Crippen LogP contribution in [0.25, 0.3) is 0 Å². The molecule has 1 aliphatic heterocycles. The number of nitrogens with one attached hydrogen (secondary N) is 2. The zero-order chi connectivity index (χ0) is 14.9. The number of hydrogen-bond acceptors (Lipinski definition) is 2. The molecule has 0 bridgehead atoms. The first-order chi connectivity index (χ1) is 10.1. The highest BCUT2D eigenvalue weighted by Crippen LogP contribution is 2.58. The third-order valence-electron chi connectivity index (χ3n) is 5.08. The fourth-order valence-electron chi connectivity index (χ4n) is 3.61. The van der Waals surface area contributed by atoms with Crippen molar-refractivity contribution in [2.24, 2.45) is 11.3 Å². The van der Waals surface area contributed by atoms with E-state index in [0.29, 0.717) is 5.41 Å². The van der Waals surface area contributed by atoms with E-state index in [-0.39, 0.29) is 17.9 Å². The van der Waals surface area contributed by atoms with Crippen LogP contribution in [0.4, 0.5) is 0 Å². The fraction of sp³-hybridized carbons (Fsp3) is 0.588. The minimum Gasteiger partial charge on any atom is -0.349 e. The first kappa shape index (κ1) is 14.9. The summed E-state index contributed by atoms with van der Waals surface area (Å²) < 4.78 is 0. The van der Waals surface area contributed by atoms with Crippen LogP contribution < -0.4 is 10.6 Å². The first-order valence-electron chi connectivity index (χ1n) is 7.91. The molecule has 3 rings (SSSR count). The van der Waals surface area contributed by atoms with Crippen molar-refractivity contribution in [1.29, 1.82) is 0 Å². The third-order valence-corrected chi connectivity index (χ3v) is 5.32. The van der Waals surface area contributed by atoms with Gasteiger partial charge in [0.15, 0.2) is 0 Å². The van der Waals surface area contributed by atoms with Crippen LogP contribution in [0, 0.1) is 11.3 Å². The number of halogens is 1. The molecule has 2 atom stereocenters. The molecule has 4 heteroatoms. The number of rotatable bonds is 4. The zero-order valence-corrected chi connectivity index (χ0v) is 13.2. The summed E-state index contributed by atoms with van der Waals surface area (Å²) in [6, 6.07) is 7.86. The predicted molar refractivity (Wildman–Crippen MR) is 85.3 cm³/mol. The van der Waals surface area contributed by atoms with Gasteiger partial charge in [0.05, 0.1) is 6.04 Å². The van der Waals surface area contributed by atoms with E-state index in [1.54, 1.807) is 0 Å². The van der Waals surface area contributed by atoms with Crippen molar-refractivity contribution < 1.29 is 4.79 Å². The Bertz CT molecular complexity index is 525. The summed E-state index contributed by atoms with van der Waals surface area (Å²) in [7, 11) is 0. The van der Waals surface area contributed by atoms with Gasteiger partial charge in [-0.1, -0.05) is 30.7 Å². The molecule has 21 heavy (non-hydrogen) atoms. The van der Waals surface area contributed by atoms with Crippen LogP contribution in [0.3, 0.4) is 0 Å². The average molecular weight is 307 g/mol. The molecule has 2 aliphatic rings. The van der Waals surface area contributed by atoms with E-state index in [1.165, 1.54) is 0 Å². The highest BCUT2D eigenvalue weighted by molar-refractivity contribution is 6.30. The standard InChI is InChI=1S/C17H23ClN2O/c1-2-15(12-4-3-5-13(18)10-12)20-16(21)14-11-17(14)6-8-19-9-7-17/h3-5,10,14-15,19H,2,6-9,11H2,1H3,(H,20,21). The number of carbonyl (C=O) groups excluding carboxylic acids is 1. The number of carbonyl (C=O) groups is 1. The molecular weight excluding hydrogens is 284 g/mol. The molecule has 2 unspecified atom stereocenters. The average Bonchev–Trinajstić information content (AvgIpc) is 3.18. The Kier molecular flexibility index (Phi) is 4.23. The Balaban J connectivity index is 1.64. The minimum absolute atomic E-state index is 0.0653. The Labute approximate surface area is 131 Å². The predicted octanol–water partition coefficient (Wildman–Crippen LogP) is 3.30. The van der Waals surface area contributed by atoms with Crippen LogP contribution in [-0.2, 0) is 4.79 Å². The van der Waals surface area contributed by atoms with Crippen LogP contribution in [0.15, 0.2) is 24.3 Å². The molecule has 1 heterocycles. The lowest BCUT2D eigenvalue weighted by Crippen LogP contribution is -2.35. The van der Waals surface area contributed by atoms with E-state index < -0.39 is 0 Å². The van der Waals surface area contributed by atoms with Crippen molar-refractivity contribution in [3.8, 4) is 0 Å². The van der Waals surface area contributed by atoms with Crippen molar-refractivity contribution in [3.05, 3.63) is 34.9 Å². The SMILES string of the molecule is CCC(NC(=O)C1CC12CCNCC2)c1cccc(Cl)c1. The van der Waals surface area contributed by atoms with E-state index >= 15 is 0 Å². The lowest BCUT2D eigenvalue weighted by Gasteiger charge is -2.24. The molecule has 2 N–H and O–H groups in total. The Hall–Kier alpha value is -1.06. The smallest absolute Gasteiger partial charge is 0.224 e. The summed E-state index contributed by atoms with van der Waals surface area (Å²) in [6.45, 7) is 4.20. The van der Waals surface area contributed by atoms with Crippen LogP contribution in [0.1, 0.15) is 44.2 Å². The molecule has 1 saturated carbocycles. The van der Waals surface area contributed by atoms with Gasteiger partial charge in [0.25, 0.3) is 0 Å². The lowest BCUT2D eigenvalue weighted by atomic mass is 9.91.